The van der Waals surface area contributed by atoms with E-state index in [9.17, 15) is 0 Å². The highest BCUT2D eigenvalue weighted by atomic mass is 127. The summed E-state index contributed by atoms with van der Waals surface area (Å²) in [6.07, 6.45) is 3.87. The Bertz CT molecular complexity index is 278. The van der Waals surface area contributed by atoms with Crippen LogP contribution in [0.2, 0.25) is 0 Å². The molecule has 1 fully saturated rings. The quantitative estimate of drug-likeness (QED) is 0.436. The van der Waals surface area contributed by atoms with E-state index in [-0.39, 0.29) is 29.5 Å². The predicted octanol–water partition coefficient (Wildman–Crippen LogP) is 2.69. The van der Waals surface area contributed by atoms with Crippen LogP contribution in [0.3, 0.4) is 0 Å². The molecular weight excluding hydrogens is 363 g/mol. The molecule has 0 bridgehead atoms. The van der Waals surface area contributed by atoms with Crippen molar-refractivity contribution in [2.45, 2.75) is 52.5 Å². The third kappa shape index (κ3) is 9.00. The lowest BCUT2D eigenvalue weighted by atomic mass is 9.94. The van der Waals surface area contributed by atoms with Gasteiger partial charge in [0, 0.05) is 18.6 Å². The number of hydrogen-bond donors (Lipinski definition) is 2. The molecule has 0 aromatic rings. The number of halogens is 1. The van der Waals surface area contributed by atoms with Gasteiger partial charge in [0.05, 0.1) is 0 Å². The molecule has 5 heteroatoms. The fourth-order valence-electron chi connectivity index (χ4n) is 2.37. The summed E-state index contributed by atoms with van der Waals surface area (Å²) in [6.45, 7) is 12.9. The molecule has 120 valence electrons. The minimum absolute atomic E-state index is 0. The number of likely N-dealkylation sites (tertiary alicyclic amines) is 1. The first-order valence-electron chi connectivity index (χ1n) is 7.65. The van der Waals surface area contributed by atoms with E-state index in [4.69, 9.17) is 4.99 Å². The van der Waals surface area contributed by atoms with E-state index in [0.29, 0.717) is 0 Å². The second-order valence-corrected chi connectivity index (χ2v) is 6.67. The third-order valence-electron chi connectivity index (χ3n) is 3.48. The van der Waals surface area contributed by atoms with E-state index in [1.165, 1.54) is 32.4 Å². The largest absolute Gasteiger partial charge is 0.357 e. The first-order chi connectivity index (χ1) is 8.90. The summed E-state index contributed by atoms with van der Waals surface area (Å²) < 4.78 is 0. The normalized spacial score (nSPS) is 18.6. The van der Waals surface area contributed by atoms with E-state index in [1.807, 2.05) is 0 Å². The number of piperidine rings is 1. The van der Waals surface area contributed by atoms with Crippen molar-refractivity contribution in [3.8, 4) is 0 Å². The van der Waals surface area contributed by atoms with Crippen molar-refractivity contribution in [3.63, 3.8) is 0 Å². The molecule has 0 aromatic carbocycles. The smallest absolute Gasteiger partial charge is 0.191 e. The van der Waals surface area contributed by atoms with Gasteiger partial charge in [-0.3, -0.25) is 4.99 Å². The topological polar surface area (TPSA) is 39.7 Å². The number of guanidine groups is 1. The van der Waals surface area contributed by atoms with Gasteiger partial charge < -0.3 is 15.5 Å². The van der Waals surface area contributed by atoms with Crippen molar-refractivity contribution < 1.29 is 0 Å². The van der Waals surface area contributed by atoms with Gasteiger partial charge in [0.15, 0.2) is 5.96 Å². The van der Waals surface area contributed by atoms with Crippen molar-refractivity contribution in [2.75, 3.05) is 33.2 Å². The molecule has 1 aliphatic heterocycles. The van der Waals surface area contributed by atoms with Gasteiger partial charge in [0.25, 0.3) is 0 Å². The van der Waals surface area contributed by atoms with Gasteiger partial charge in [-0.2, -0.15) is 0 Å². The molecule has 1 heterocycles. The summed E-state index contributed by atoms with van der Waals surface area (Å²) in [7, 11) is 2.21. The summed E-state index contributed by atoms with van der Waals surface area (Å²) >= 11 is 0. The van der Waals surface area contributed by atoms with Crippen LogP contribution in [0.1, 0.15) is 47.0 Å². The Kier molecular flexibility index (Phi) is 9.80. The van der Waals surface area contributed by atoms with Crippen LogP contribution in [-0.2, 0) is 0 Å². The molecule has 0 spiro atoms. The average molecular weight is 396 g/mol. The Hall–Kier alpha value is -0.0400. The van der Waals surface area contributed by atoms with Crippen molar-refractivity contribution in [1.82, 2.24) is 15.5 Å². The number of nitrogens with one attached hydrogen (secondary N) is 2. The minimum atomic E-state index is 0. The van der Waals surface area contributed by atoms with Gasteiger partial charge in [-0.25, -0.2) is 0 Å². The van der Waals surface area contributed by atoms with Gasteiger partial charge >= 0.3 is 0 Å². The highest BCUT2D eigenvalue weighted by Crippen LogP contribution is 2.19. The molecule has 4 nitrogen and oxygen atoms in total. The molecule has 1 rings (SSSR count). The SMILES string of the molecule is CCNC(=NCCC1CCN(C)CC1)NC(C)(C)C.I. The molecule has 0 aliphatic carbocycles. The summed E-state index contributed by atoms with van der Waals surface area (Å²) in [5, 5.41) is 6.75. The lowest BCUT2D eigenvalue weighted by Gasteiger charge is -2.28. The molecule has 0 atom stereocenters. The zero-order valence-electron chi connectivity index (χ0n) is 13.8. The maximum absolute atomic E-state index is 4.69. The lowest BCUT2D eigenvalue weighted by Crippen LogP contribution is -2.47. The number of aliphatic imine (C=N–C) groups is 1. The van der Waals surface area contributed by atoms with E-state index >= 15 is 0 Å². The molecular formula is C15H33IN4. The second-order valence-electron chi connectivity index (χ2n) is 6.67. The van der Waals surface area contributed by atoms with Crippen LogP contribution in [-0.4, -0.2) is 49.6 Å². The van der Waals surface area contributed by atoms with Crippen molar-refractivity contribution >= 4 is 29.9 Å². The highest BCUT2D eigenvalue weighted by Gasteiger charge is 2.16. The molecule has 20 heavy (non-hydrogen) atoms. The Morgan fingerprint density at radius 2 is 1.85 bits per heavy atom. The summed E-state index contributed by atoms with van der Waals surface area (Å²) in [5.41, 5.74) is 0.0640. The molecule has 1 aliphatic rings. The van der Waals surface area contributed by atoms with Crippen LogP contribution in [0.5, 0.6) is 0 Å². The van der Waals surface area contributed by atoms with Gasteiger partial charge in [-0.05, 0) is 73.0 Å². The molecule has 0 aromatic heterocycles. The maximum Gasteiger partial charge on any atom is 0.191 e. The Balaban J connectivity index is 0.00000361. The van der Waals surface area contributed by atoms with Crippen molar-refractivity contribution in [1.29, 1.82) is 0 Å². The Labute approximate surface area is 142 Å². The van der Waals surface area contributed by atoms with Crippen LogP contribution in [0.15, 0.2) is 4.99 Å². The third-order valence-corrected chi connectivity index (χ3v) is 3.48. The summed E-state index contributed by atoms with van der Waals surface area (Å²) in [5.74, 6) is 1.81. The summed E-state index contributed by atoms with van der Waals surface area (Å²) in [6, 6.07) is 0. The number of rotatable bonds is 4. The van der Waals surface area contributed by atoms with Crippen molar-refractivity contribution in [3.05, 3.63) is 0 Å². The van der Waals surface area contributed by atoms with E-state index in [2.05, 4.69) is 50.3 Å². The first-order valence-corrected chi connectivity index (χ1v) is 7.65. The van der Waals surface area contributed by atoms with Gasteiger partial charge in [-0.1, -0.05) is 0 Å². The average Bonchev–Trinajstić information content (AvgIpc) is 2.30. The minimum Gasteiger partial charge on any atom is -0.357 e. The standard InChI is InChI=1S/C15H32N4.HI/c1-6-16-14(18-15(2,3)4)17-10-7-13-8-11-19(5)12-9-13;/h13H,6-12H2,1-5H3,(H2,16,17,18);1H. The van der Waals surface area contributed by atoms with Gasteiger partial charge in [0.1, 0.15) is 0 Å². The van der Waals surface area contributed by atoms with Crippen LogP contribution in [0, 0.1) is 5.92 Å². The number of hydrogen-bond acceptors (Lipinski definition) is 2. The zero-order valence-corrected chi connectivity index (χ0v) is 16.2. The van der Waals surface area contributed by atoms with Gasteiger partial charge in [0.2, 0.25) is 0 Å². The maximum atomic E-state index is 4.69. The van der Waals surface area contributed by atoms with Crippen LogP contribution in [0.4, 0.5) is 0 Å². The first kappa shape index (κ1) is 20.0. The molecule has 0 unspecified atom stereocenters. The van der Waals surface area contributed by atoms with E-state index in [1.54, 1.807) is 0 Å². The monoisotopic (exact) mass is 396 g/mol. The second kappa shape index (κ2) is 9.82. The summed E-state index contributed by atoms with van der Waals surface area (Å²) in [4.78, 5) is 7.11. The Morgan fingerprint density at radius 1 is 1.25 bits per heavy atom. The van der Waals surface area contributed by atoms with Gasteiger partial charge in [-0.15, -0.1) is 24.0 Å². The number of nitrogens with zero attached hydrogens (tertiary/aromatic N) is 2. The molecule has 0 saturated carbocycles. The lowest BCUT2D eigenvalue weighted by molar-refractivity contribution is 0.214. The fraction of sp³-hybridized carbons (Fsp3) is 0.933. The van der Waals surface area contributed by atoms with E-state index < -0.39 is 0 Å². The Morgan fingerprint density at radius 3 is 2.35 bits per heavy atom. The van der Waals surface area contributed by atoms with Crippen LogP contribution >= 0.6 is 24.0 Å². The molecule has 0 radical (unpaired) electrons. The molecule has 2 N–H and O–H groups in total. The molecule has 0 amide bonds. The predicted molar refractivity (Wildman–Crippen MR) is 99.1 cm³/mol. The fourth-order valence-corrected chi connectivity index (χ4v) is 2.37. The highest BCUT2D eigenvalue weighted by molar-refractivity contribution is 14.0. The molecule has 1 saturated heterocycles. The van der Waals surface area contributed by atoms with Crippen molar-refractivity contribution in [2.24, 2.45) is 10.9 Å². The van der Waals surface area contributed by atoms with Crippen LogP contribution in [0.25, 0.3) is 0 Å². The zero-order chi connectivity index (χ0) is 14.3. The van der Waals surface area contributed by atoms with Crippen LogP contribution < -0.4 is 10.6 Å². The van der Waals surface area contributed by atoms with E-state index in [0.717, 1.165) is 25.0 Å².